The summed E-state index contributed by atoms with van der Waals surface area (Å²) in [5.74, 6) is -9.91. The van der Waals surface area contributed by atoms with Crippen LogP contribution in [-0.2, 0) is 15.6 Å². The molecular weight excluding hydrogens is 397 g/mol. The number of hydrogen-bond acceptors (Lipinski definition) is 3. The zero-order valence-electron chi connectivity index (χ0n) is 14.3. The van der Waals surface area contributed by atoms with E-state index in [0.29, 0.717) is 18.6 Å². The van der Waals surface area contributed by atoms with Crippen LogP contribution < -0.4 is 4.74 Å². The van der Waals surface area contributed by atoms with Gasteiger partial charge >= 0.3 is 6.11 Å². The first-order valence-corrected chi connectivity index (χ1v) is 8.05. The highest BCUT2D eigenvalue weighted by Gasteiger charge is 2.42. The van der Waals surface area contributed by atoms with Crippen LogP contribution in [0.3, 0.4) is 0 Å². The van der Waals surface area contributed by atoms with Gasteiger partial charge in [0, 0.05) is 17.2 Å². The molecule has 2 aromatic rings. The zero-order chi connectivity index (χ0) is 20.6. The van der Waals surface area contributed by atoms with Crippen LogP contribution in [0.1, 0.15) is 29.4 Å². The largest absolute Gasteiger partial charge is 0.432 e. The summed E-state index contributed by atoms with van der Waals surface area (Å²) >= 11 is 0. The van der Waals surface area contributed by atoms with E-state index in [1.54, 1.807) is 0 Å². The van der Waals surface area contributed by atoms with Gasteiger partial charge in [-0.3, -0.25) is 0 Å². The number of rotatable bonds is 4. The maximum Gasteiger partial charge on any atom is 0.432 e. The first-order valence-electron chi connectivity index (χ1n) is 8.05. The predicted molar refractivity (Wildman–Crippen MR) is 81.2 cm³/mol. The van der Waals surface area contributed by atoms with E-state index in [1.807, 2.05) is 0 Å². The van der Waals surface area contributed by atoms with E-state index in [-0.39, 0.29) is 24.8 Å². The lowest BCUT2D eigenvalue weighted by Gasteiger charge is -2.25. The van der Waals surface area contributed by atoms with Gasteiger partial charge in [-0.05, 0) is 25.5 Å². The van der Waals surface area contributed by atoms with Crippen LogP contribution in [0, 0.1) is 36.0 Å². The van der Waals surface area contributed by atoms with E-state index in [1.165, 1.54) is 0 Å². The van der Waals surface area contributed by atoms with Crippen molar-refractivity contribution in [1.29, 1.82) is 0 Å². The maximum absolute atomic E-state index is 14.4. The van der Waals surface area contributed by atoms with Crippen molar-refractivity contribution in [3.05, 3.63) is 64.0 Å². The lowest BCUT2D eigenvalue weighted by Crippen LogP contribution is -2.26. The molecule has 3 nitrogen and oxygen atoms in total. The fourth-order valence-corrected chi connectivity index (χ4v) is 2.65. The molecule has 0 aromatic heterocycles. The highest BCUT2D eigenvalue weighted by atomic mass is 19.3. The fourth-order valence-electron chi connectivity index (χ4n) is 2.65. The molecule has 1 aliphatic heterocycles. The molecule has 0 spiro atoms. The number of benzene rings is 2. The van der Waals surface area contributed by atoms with Gasteiger partial charge in [0.25, 0.3) is 0 Å². The molecule has 1 heterocycles. The molecule has 0 amide bonds. The van der Waals surface area contributed by atoms with Crippen molar-refractivity contribution < 1.29 is 44.9 Å². The summed E-state index contributed by atoms with van der Waals surface area (Å²) in [6.07, 6.45) is -5.21. The van der Waals surface area contributed by atoms with Crippen LogP contribution in [0.25, 0.3) is 0 Å². The summed E-state index contributed by atoms with van der Waals surface area (Å²) < 4.78 is 112. The quantitative estimate of drug-likeness (QED) is 0.509. The molecule has 0 radical (unpaired) electrons. The smallest absolute Gasteiger partial charge is 0.428 e. The lowest BCUT2D eigenvalue weighted by molar-refractivity contribution is -0.191. The third-order valence-electron chi connectivity index (χ3n) is 4.05. The summed E-state index contributed by atoms with van der Waals surface area (Å²) in [5.41, 5.74) is -2.74. The fraction of sp³-hybridized carbons (Fsp3) is 0.333. The Balaban J connectivity index is 1.96. The standard InChI is InChI=1S/C18H13F7O3/c1-8-13(7-12(21)16(23)15(8)22)28-18(24,25)14-10(19)5-9(6-11(14)20)17-26-3-2-4-27-17/h5-7,17H,2-4H2,1H3. The molecule has 0 atom stereocenters. The van der Waals surface area contributed by atoms with E-state index in [2.05, 4.69) is 4.74 Å². The molecule has 0 saturated carbocycles. The third-order valence-corrected chi connectivity index (χ3v) is 4.05. The zero-order valence-corrected chi connectivity index (χ0v) is 14.3. The van der Waals surface area contributed by atoms with Gasteiger partial charge in [-0.2, -0.15) is 8.78 Å². The van der Waals surface area contributed by atoms with E-state index in [4.69, 9.17) is 9.47 Å². The minimum absolute atomic E-state index is 0.162. The Morgan fingerprint density at radius 3 is 2.04 bits per heavy atom. The molecule has 1 saturated heterocycles. The Morgan fingerprint density at radius 1 is 0.893 bits per heavy atom. The molecular formula is C18H13F7O3. The summed E-state index contributed by atoms with van der Waals surface area (Å²) in [4.78, 5) is 0. The molecule has 0 unspecified atom stereocenters. The minimum Gasteiger partial charge on any atom is -0.428 e. The summed E-state index contributed by atoms with van der Waals surface area (Å²) in [5, 5.41) is 0. The van der Waals surface area contributed by atoms with Gasteiger partial charge in [-0.1, -0.05) is 0 Å². The van der Waals surface area contributed by atoms with Crippen molar-refractivity contribution in [2.24, 2.45) is 0 Å². The number of hydrogen-bond donors (Lipinski definition) is 0. The van der Waals surface area contributed by atoms with Crippen molar-refractivity contribution in [3.8, 4) is 5.75 Å². The van der Waals surface area contributed by atoms with E-state index < -0.39 is 58.4 Å². The second-order valence-electron chi connectivity index (χ2n) is 6.01. The molecule has 10 heteroatoms. The minimum atomic E-state index is -4.65. The monoisotopic (exact) mass is 410 g/mol. The maximum atomic E-state index is 14.4. The average molecular weight is 410 g/mol. The van der Waals surface area contributed by atoms with Crippen molar-refractivity contribution in [3.63, 3.8) is 0 Å². The average Bonchev–Trinajstić information content (AvgIpc) is 2.64. The third kappa shape index (κ3) is 3.79. The lowest BCUT2D eigenvalue weighted by atomic mass is 10.1. The van der Waals surface area contributed by atoms with Crippen molar-refractivity contribution in [1.82, 2.24) is 0 Å². The molecule has 3 rings (SSSR count). The van der Waals surface area contributed by atoms with Crippen molar-refractivity contribution in [2.75, 3.05) is 13.2 Å². The van der Waals surface area contributed by atoms with Gasteiger partial charge in [0.15, 0.2) is 23.7 Å². The Labute approximate surface area is 154 Å². The Kier molecular flexibility index (Phi) is 5.53. The summed E-state index contributed by atoms with van der Waals surface area (Å²) in [6.45, 7) is 1.36. The molecule has 0 N–H and O–H groups in total. The molecule has 28 heavy (non-hydrogen) atoms. The van der Waals surface area contributed by atoms with Gasteiger partial charge in [-0.25, -0.2) is 22.0 Å². The second kappa shape index (κ2) is 7.59. The van der Waals surface area contributed by atoms with E-state index in [9.17, 15) is 30.7 Å². The van der Waals surface area contributed by atoms with Crippen LogP contribution in [0.15, 0.2) is 18.2 Å². The van der Waals surface area contributed by atoms with Crippen molar-refractivity contribution >= 4 is 0 Å². The summed E-state index contributed by atoms with van der Waals surface area (Å²) in [6, 6.07) is 1.34. The molecule has 152 valence electrons. The van der Waals surface area contributed by atoms with E-state index >= 15 is 0 Å². The Morgan fingerprint density at radius 2 is 1.46 bits per heavy atom. The second-order valence-corrected chi connectivity index (χ2v) is 6.01. The Bertz CT molecular complexity index is 872. The highest BCUT2D eigenvalue weighted by molar-refractivity contribution is 5.37. The Hall–Kier alpha value is -2.33. The predicted octanol–water partition coefficient (Wildman–Crippen LogP) is 5.25. The normalized spacial score (nSPS) is 15.7. The molecule has 0 aliphatic carbocycles. The number of halogens is 7. The molecule has 1 fully saturated rings. The van der Waals surface area contributed by atoms with Crippen molar-refractivity contribution in [2.45, 2.75) is 25.7 Å². The van der Waals surface area contributed by atoms with Crippen LogP contribution in [0.2, 0.25) is 0 Å². The first-order chi connectivity index (χ1) is 13.1. The highest BCUT2D eigenvalue weighted by Crippen LogP contribution is 2.38. The molecule has 2 aromatic carbocycles. The van der Waals surface area contributed by atoms with Gasteiger partial charge < -0.3 is 14.2 Å². The number of alkyl halides is 2. The van der Waals surface area contributed by atoms with Gasteiger partial charge in [-0.15, -0.1) is 0 Å². The van der Waals surface area contributed by atoms with Crippen LogP contribution in [0.5, 0.6) is 5.75 Å². The van der Waals surface area contributed by atoms with Crippen LogP contribution >= 0.6 is 0 Å². The van der Waals surface area contributed by atoms with Crippen LogP contribution in [0.4, 0.5) is 30.7 Å². The van der Waals surface area contributed by atoms with Gasteiger partial charge in [0.05, 0.1) is 13.2 Å². The molecule has 0 bridgehead atoms. The SMILES string of the molecule is Cc1c(OC(F)(F)c2c(F)cc(C3OCCCO3)cc2F)cc(F)c(F)c1F. The van der Waals surface area contributed by atoms with Gasteiger partial charge in [0.2, 0.25) is 0 Å². The summed E-state index contributed by atoms with van der Waals surface area (Å²) in [7, 11) is 0. The molecule has 1 aliphatic rings. The van der Waals surface area contributed by atoms with Crippen LogP contribution in [-0.4, -0.2) is 13.2 Å². The van der Waals surface area contributed by atoms with E-state index in [0.717, 1.165) is 6.92 Å². The van der Waals surface area contributed by atoms with Gasteiger partial charge in [0.1, 0.15) is 22.9 Å². The topological polar surface area (TPSA) is 27.7 Å². The first kappa shape index (κ1) is 20.4. The number of ether oxygens (including phenoxy) is 3.